The van der Waals surface area contributed by atoms with Gasteiger partial charge < -0.3 is 20.1 Å². The van der Waals surface area contributed by atoms with Gasteiger partial charge in [-0.2, -0.15) is 0 Å². The van der Waals surface area contributed by atoms with Crippen LogP contribution in [0.3, 0.4) is 0 Å². The minimum atomic E-state index is -0.256. The van der Waals surface area contributed by atoms with E-state index in [0.29, 0.717) is 28.3 Å². The Hall–Kier alpha value is -3.29. The van der Waals surface area contributed by atoms with Gasteiger partial charge in [-0.1, -0.05) is 24.3 Å². The summed E-state index contributed by atoms with van der Waals surface area (Å²) < 4.78 is 11.0. The molecule has 2 N–H and O–H groups in total. The van der Waals surface area contributed by atoms with Crippen molar-refractivity contribution in [2.24, 2.45) is 0 Å². The van der Waals surface area contributed by atoms with E-state index in [4.69, 9.17) is 9.47 Å². The van der Waals surface area contributed by atoms with Gasteiger partial charge in [-0.3, -0.25) is 9.59 Å². The third-order valence-electron chi connectivity index (χ3n) is 5.34. The predicted octanol–water partition coefficient (Wildman–Crippen LogP) is 5.47. The summed E-state index contributed by atoms with van der Waals surface area (Å²) in [5, 5.41) is 5.77. The normalized spacial score (nSPS) is 15.1. The summed E-state index contributed by atoms with van der Waals surface area (Å²) in [5.74, 6) is 0.982. The molecule has 1 fully saturated rings. The highest BCUT2D eigenvalue weighted by molar-refractivity contribution is 7.99. The second kappa shape index (κ2) is 11.0. The number of amides is 2. The number of hydrogen-bond donors (Lipinski definition) is 2. The zero-order chi connectivity index (χ0) is 23.0. The SMILES string of the molecule is COc1ccccc1NC(=O)c1ccc(NC(=O)c2ccccc2SCC2CCCO2)cc1. The fourth-order valence-electron chi connectivity index (χ4n) is 3.58. The van der Waals surface area contributed by atoms with Crippen molar-refractivity contribution >= 4 is 35.0 Å². The van der Waals surface area contributed by atoms with Gasteiger partial charge in [-0.25, -0.2) is 0 Å². The molecule has 1 atom stereocenters. The van der Waals surface area contributed by atoms with Crippen LogP contribution in [0.2, 0.25) is 0 Å². The van der Waals surface area contributed by atoms with Gasteiger partial charge in [0.15, 0.2) is 0 Å². The van der Waals surface area contributed by atoms with E-state index in [2.05, 4.69) is 10.6 Å². The van der Waals surface area contributed by atoms with Crippen molar-refractivity contribution in [1.29, 1.82) is 0 Å². The van der Waals surface area contributed by atoms with Crippen LogP contribution < -0.4 is 15.4 Å². The van der Waals surface area contributed by atoms with Gasteiger partial charge in [-0.15, -0.1) is 11.8 Å². The molecule has 2 amide bonds. The van der Waals surface area contributed by atoms with E-state index in [9.17, 15) is 9.59 Å². The number of carbonyl (C=O) groups is 2. The fraction of sp³-hybridized carbons (Fsp3) is 0.231. The van der Waals surface area contributed by atoms with E-state index < -0.39 is 0 Å². The van der Waals surface area contributed by atoms with Crippen LogP contribution in [0, 0.1) is 0 Å². The molecule has 0 spiro atoms. The van der Waals surface area contributed by atoms with Crippen LogP contribution in [0.4, 0.5) is 11.4 Å². The molecule has 0 bridgehead atoms. The van der Waals surface area contributed by atoms with Crippen LogP contribution in [0.1, 0.15) is 33.6 Å². The molecule has 7 heteroatoms. The van der Waals surface area contributed by atoms with Gasteiger partial charge in [0.25, 0.3) is 11.8 Å². The summed E-state index contributed by atoms with van der Waals surface area (Å²) in [6, 6.07) is 21.6. The van der Waals surface area contributed by atoms with E-state index in [1.165, 1.54) is 0 Å². The van der Waals surface area contributed by atoms with Crippen molar-refractivity contribution in [2.75, 3.05) is 30.1 Å². The maximum absolute atomic E-state index is 12.9. The van der Waals surface area contributed by atoms with Crippen LogP contribution in [-0.2, 0) is 4.74 Å². The van der Waals surface area contributed by atoms with Gasteiger partial charge in [0.05, 0.1) is 24.5 Å². The summed E-state index contributed by atoms with van der Waals surface area (Å²) in [7, 11) is 1.56. The van der Waals surface area contributed by atoms with Crippen molar-refractivity contribution in [2.45, 2.75) is 23.8 Å². The second-order valence-corrected chi connectivity index (χ2v) is 8.69. The third-order valence-corrected chi connectivity index (χ3v) is 6.55. The van der Waals surface area contributed by atoms with Crippen molar-refractivity contribution < 1.29 is 19.1 Å². The highest BCUT2D eigenvalue weighted by atomic mass is 32.2. The quantitative estimate of drug-likeness (QED) is 0.434. The average Bonchev–Trinajstić information content (AvgIpc) is 3.37. The molecule has 4 rings (SSSR count). The molecule has 3 aromatic rings. The molecule has 1 aliphatic rings. The van der Waals surface area contributed by atoms with Crippen LogP contribution in [0.5, 0.6) is 5.75 Å². The van der Waals surface area contributed by atoms with E-state index in [1.807, 2.05) is 36.4 Å². The van der Waals surface area contributed by atoms with Crippen LogP contribution in [0.25, 0.3) is 0 Å². The zero-order valence-corrected chi connectivity index (χ0v) is 19.2. The molecular formula is C26H26N2O4S. The van der Waals surface area contributed by atoms with E-state index >= 15 is 0 Å². The molecule has 1 heterocycles. The summed E-state index contributed by atoms with van der Waals surface area (Å²) in [4.78, 5) is 26.4. The molecule has 0 radical (unpaired) electrons. The summed E-state index contributed by atoms with van der Waals surface area (Å²) in [6.45, 7) is 0.820. The van der Waals surface area contributed by atoms with Gasteiger partial charge in [0.1, 0.15) is 5.75 Å². The largest absolute Gasteiger partial charge is 0.495 e. The number of hydrogen-bond acceptors (Lipinski definition) is 5. The Morgan fingerprint density at radius 2 is 1.73 bits per heavy atom. The number of para-hydroxylation sites is 2. The lowest BCUT2D eigenvalue weighted by Gasteiger charge is -2.13. The maximum Gasteiger partial charge on any atom is 0.256 e. The Morgan fingerprint density at radius 3 is 2.48 bits per heavy atom. The van der Waals surface area contributed by atoms with Gasteiger partial charge >= 0.3 is 0 Å². The lowest BCUT2D eigenvalue weighted by atomic mass is 10.1. The molecule has 0 aromatic heterocycles. The predicted molar refractivity (Wildman–Crippen MR) is 131 cm³/mol. The van der Waals surface area contributed by atoms with Gasteiger partial charge in [0.2, 0.25) is 0 Å². The zero-order valence-electron chi connectivity index (χ0n) is 18.4. The average molecular weight is 463 g/mol. The molecule has 6 nitrogen and oxygen atoms in total. The molecular weight excluding hydrogens is 436 g/mol. The fourth-order valence-corrected chi connectivity index (χ4v) is 4.70. The lowest BCUT2D eigenvalue weighted by molar-refractivity contribution is 0.101. The number of carbonyl (C=O) groups excluding carboxylic acids is 2. The summed E-state index contributed by atoms with van der Waals surface area (Å²) in [6.07, 6.45) is 2.42. The number of benzene rings is 3. The first-order valence-electron chi connectivity index (χ1n) is 10.8. The minimum Gasteiger partial charge on any atom is -0.495 e. The standard InChI is InChI=1S/C26H26N2O4S/c1-31-23-10-4-3-9-22(23)28-25(29)18-12-14-19(15-13-18)27-26(30)21-8-2-5-11-24(21)33-17-20-7-6-16-32-20/h2-5,8-15,20H,6-7,16-17H2,1H3,(H,27,30)(H,28,29). The van der Waals surface area contributed by atoms with Crippen molar-refractivity contribution in [3.8, 4) is 5.75 Å². The van der Waals surface area contributed by atoms with E-state index in [0.717, 1.165) is 30.1 Å². The van der Waals surface area contributed by atoms with Crippen LogP contribution in [0.15, 0.2) is 77.7 Å². The molecule has 0 aliphatic carbocycles. The number of ether oxygens (including phenoxy) is 2. The van der Waals surface area contributed by atoms with E-state index in [-0.39, 0.29) is 17.9 Å². The smallest absolute Gasteiger partial charge is 0.256 e. The Bertz CT molecular complexity index is 1110. The highest BCUT2D eigenvalue weighted by Gasteiger charge is 2.18. The van der Waals surface area contributed by atoms with Gasteiger partial charge in [0, 0.05) is 28.5 Å². The lowest BCUT2D eigenvalue weighted by Crippen LogP contribution is -2.15. The first-order chi connectivity index (χ1) is 16.1. The molecule has 1 aliphatic heterocycles. The Labute approximate surface area is 197 Å². The number of rotatable bonds is 8. The van der Waals surface area contributed by atoms with Crippen LogP contribution >= 0.6 is 11.8 Å². The highest BCUT2D eigenvalue weighted by Crippen LogP contribution is 2.28. The monoisotopic (exact) mass is 462 g/mol. The first-order valence-corrected chi connectivity index (χ1v) is 11.8. The van der Waals surface area contributed by atoms with Crippen molar-refractivity contribution in [3.05, 3.63) is 83.9 Å². The molecule has 1 unspecified atom stereocenters. The molecule has 3 aromatic carbocycles. The van der Waals surface area contributed by atoms with Crippen LogP contribution in [-0.4, -0.2) is 37.4 Å². The maximum atomic E-state index is 12.9. The molecule has 170 valence electrons. The number of methoxy groups -OCH3 is 1. The van der Waals surface area contributed by atoms with Crippen molar-refractivity contribution in [3.63, 3.8) is 0 Å². The molecule has 1 saturated heterocycles. The first kappa shape index (κ1) is 22.9. The summed E-state index contributed by atoms with van der Waals surface area (Å²) >= 11 is 1.64. The molecule has 0 saturated carbocycles. The van der Waals surface area contributed by atoms with Crippen molar-refractivity contribution in [1.82, 2.24) is 0 Å². The minimum absolute atomic E-state index is 0.184. The number of thioether (sulfide) groups is 1. The van der Waals surface area contributed by atoms with E-state index in [1.54, 1.807) is 55.3 Å². The number of anilines is 2. The third kappa shape index (κ3) is 5.94. The Kier molecular flexibility index (Phi) is 7.65. The Balaban J connectivity index is 1.39. The number of nitrogens with one attached hydrogen (secondary N) is 2. The topological polar surface area (TPSA) is 76.7 Å². The summed E-state index contributed by atoms with van der Waals surface area (Å²) in [5.41, 5.74) is 2.32. The molecule has 33 heavy (non-hydrogen) atoms. The van der Waals surface area contributed by atoms with Gasteiger partial charge in [-0.05, 0) is 61.4 Å². The Morgan fingerprint density at radius 1 is 0.970 bits per heavy atom. The second-order valence-electron chi connectivity index (χ2n) is 7.63.